The first-order valence-electron chi connectivity index (χ1n) is 6.57. The quantitative estimate of drug-likeness (QED) is 0.788. The van der Waals surface area contributed by atoms with E-state index in [4.69, 9.17) is 10.4 Å². The number of nitrogens with zero attached hydrogens (tertiary/aromatic N) is 3. The van der Waals surface area contributed by atoms with Gasteiger partial charge in [0.15, 0.2) is 0 Å². The van der Waals surface area contributed by atoms with Crippen LogP contribution in [0.4, 0.5) is 11.5 Å². The van der Waals surface area contributed by atoms with E-state index in [0.717, 1.165) is 11.7 Å². The van der Waals surface area contributed by atoms with Crippen molar-refractivity contribution in [2.75, 3.05) is 10.1 Å². The first-order valence-corrected chi connectivity index (χ1v) is 6.57. The lowest BCUT2D eigenvalue weighted by Gasteiger charge is -2.38. The monoisotopic (exact) mass is 249 g/mol. The maximum atomic E-state index is 8.91. The van der Waals surface area contributed by atoms with E-state index in [1.807, 2.05) is 6.07 Å². The average Bonchev–Trinajstić information content (AvgIpc) is 2.62. The third kappa shape index (κ3) is 1.93. The third-order valence-corrected chi connectivity index (χ3v) is 4.20. The van der Waals surface area contributed by atoms with Gasteiger partial charge in [0.25, 0.3) is 0 Å². The van der Waals surface area contributed by atoms with E-state index in [9.17, 15) is 0 Å². The summed E-state index contributed by atoms with van der Waals surface area (Å²) in [6.45, 7) is 2.33. The fraction of sp³-hybridized carbons (Fsp3) is 0.615. The Morgan fingerprint density at radius 3 is 2.39 bits per heavy atom. The lowest BCUT2D eigenvalue weighted by molar-refractivity contribution is 0.0290. The van der Waals surface area contributed by atoms with Crippen LogP contribution in [0.2, 0.25) is 0 Å². The van der Waals surface area contributed by atoms with Crippen LogP contribution in [0, 0.1) is 5.92 Å². The molecule has 2 aliphatic heterocycles. The average molecular weight is 249 g/mol. The number of hydrogen-bond acceptors (Lipinski definition) is 5. The Morgan fingerprint density at radius 2 is 1.89 bits per heavy atom. The zero-order valence-corrected chi connectivity index (χ0v) is 10.5. The fourth-order valence-electron chi connectivity index (χ4n) is 3.47. The Balaban J connectivity index is 1.83. The lowest BCUT2D eigenvalue weighted by Crippen LogP contribution is -2.42. The van der Waals surface area contributed by atoms with Crippen LogP contribution in [-0.4, -0.2) is 27.5 Å². The zero-order valence-electron chi connectivity index (χ0n) is 10.5. The second kappa shape index (κ2) is 4.40. The largest absolute Gasteiger partial charge is 0.351 e. The molecule has 18 heavy (non-hydrogen) atoms. The summed E-state index contributed by atoms with van der Waals surface area (Å²) in [6, 6.07) is 4.77. The standard InChI is InChI=1S/C13H19N3O2/c1-9-6-10-2-3-11(7-9)15(10)13-5-4-12(8-14-13)16(17)18/h4-5,8-11,17-18H,2-3,6-7H2,1H3. The molecule has 2 saturated heterocycles. The summed E-state index contributed by atoms with van der Waals surface area (Å²) in [5.41, 5.74) is 0.288. The molecule has 5 heteroatoms. The first kappa shape index (κ1) is 11.7. The number of pyridine rings is 1. The minimum Gasteiger partial charge on any atom is -0.351 e. The predicted octanol–water partition coefficient (Wildman–Crippen LogP) is 2.43. The maximum Gasteiger partial charge on any atom is 0.129 e. The lowest BCUT2D eigenvalue weighted by atomic mass is 9.92. The Labute approximate surface area is 107 Å². The van der Waals surface area contributed by atoms with E-state index < -0.39 is 0 Å². The van der Waals surface area contributed by atoms with Crippen molar-refractivity contribution in [1.82, 2.24) is 4.98 Å². The van der Waals surface area contributed by atoms with Gasteiger partial charge in [-0.15, -0.1) is 5.23 Å². The van der Waals surface area contributed by atoms with Gasteiger partial charge in [-0.25, -0.2) is 4.98 Å². The number of hydrogen-bond donors (Lipinski definition) is 2. The molecular formula is C13H19N3O2. The summed E-state index contributed by atoms with van der Waals surface area (Å²) in [6.07, 6.45) is 6.49. The molecule has 0 amide bonds. The van der Waals surface area contributed by atoms with E-state index in [0.29, 0.717) is 12.1 Å². The molecule has 3 rings (SSSR count). The normalized spacial score (nSPS) is 30.6. The summed E-state index contributed by atoms with van der Waals surface area (Å²) < 4.78 is 0. The van der Waals surface area contributed by atoms with Gasteiger partial charge in [-0.2, -0.15) is 0 Å². The second-order valence-electron chi connectivity index (χ2n) is 5.53. The molecule has 2 unspecified atom stereocenters. The van der Waals surface area contributed by atoms with Crippen LogP contribution in [0.3, 0.4) is 0 Å². The van der Waals surface area contributed by atoms with Crippen molar-refractivity contribution in [3.05, 3.63) is 18.3 Å². The molecule has 0 aromatic carbocycles. The number of piperidine rings is 1. The van der Waals surface area contributed by atoms with Crippen LogP contribution in [-0.2, 0) is 0 Å². The third-order valence-electron chi connectivity index (χ3n) is 4.20. The molecule has 1 aromatic heterocycles. The zero-order chi connectivity index (χ0) is 12.7. The summed E-state index contributed by atoms with van der Waals surface area (Å²) in [4.78, 5) is 6.77. The molecule has 2 aliphatic rings. The van der Waals surface area contributed by atoms with Crippen molar-refractivity contribution in [2.24, 2.45) is 5.92 Å². The van der Waals surface area contributed by atoms with Gasteiger partial charge < -0.3 is 4.90 Å². The molecule has 2 bridgehead atoms. The molecule has 2 N–H and O–H groups in total. The van der Waals surface area contributed by atoms with Crippen molar-refractivity contribution >= 4 is 11.5 Å². The highest BCUT2D eigenvalue weighted by Gasteiger charge is 2.39. The molecule has 98 valence electrons. The minimum absolute atomic E-state index is 0.101. The highest BCUT2D eigenvalue weighted by atomic mass is 16.8. The number of aromatic nitrogens is 1. The van der Waals surface area contributed by atoms with Crippen molar-refractivity contribution < 1.29 is 10.4 Å². The molecular weight excluding hydrogens is 230 g/mol. The van der Waals surface area contributed by atoms with Gasteiger partial charge in [0.2, 0.25) is 0 Å². The Bertz CT molecular complexity index is 407. The number of rotatable bonds is 2. The summed E-state index contributed by atoms with van der Waals surface area (Å²) in [5, 5.41) is 17.9. The number of anilines is 2. The highest BCUT2D eigenvalue weighted by molar-refractivity contribution is 5.50. The molecule has 5 nitrogen and oxygen atoms in total. The van der Waals surface area contributed by atoms with Gasteiger partial charge in [0.1, 0.15) is 11.5 Å². The van der Waals surface area contributed by atoms with E-state index >= 15 is 0 Å². The van der Waals surface area contributed by atoms with Gasteiger partial charge >= 0.3 is 0 Å². The smallest absolute Gasteiger partial charge is 0.129 e. The van der Waals surface area contributed by atoms with Gasteiger partial charge in [-0.3, -0.25) is 10.4 Å². The van der Waals surface area contributed by atoms with E-state index in [1.54, 1.807) is 6.07 Å². The predicted molar refractivity (Wildman–Crippen MR) is 68.0 cm³/mol. The van der Waals surface area contributed by atoms with Crippen LogP contribution in [0.5, 0.6) is 0 Å². The van der Waals surface area contributed by atoms with Crippen LogP contribution in [0.1, 0.15) is 32.6 Å². The molecule has 2 atom stereocenters. The minimum atomic E-state index is 0.101. The molecule has 1 aromatic rings. The van der Waals surface area contributed by atoms with E-state index in [2.05, 4.69) is 16.8 Å². The van der Waals surface area contributed by atoms with Crippen molar-refractivity contribution in [1.29, 1.82) is 0 Å². The first-order chi connectivity index (χ1) is 8.65. The Kier molecular flexibility index (Phi) is 2.87. The summed E-state index contributed by atoms with van der Waals surface area (Å²) >= 11 is 0. The fourth-order valence-corrected chi connectivity index (χ4v) is 3.47. The van der Waals surface area contributed by atoms with Crippen LogP contribution < -0.4 is 10.1 Å². The Morgan fingerprint density at radius 1 is 1.22 bits per heavy atom. The van der Waals surface area contributed by atoms with Gasteiger partial charge in [-0.05, 0) is 43.7 Å². The van der Waals surface area contributed by atoms with Gasteiger partial charge in [0, 0.05) is 12.1 Å². The van der Waals surface area contributed by atoms with Crippen LogP contribution in [0.25, 0.3) is 0 Å². The van der Waals surface area contributed by atoms with E-state index in [-0.39, 0.29) is 10.9 Å². The molecule has 2 fully saturated rings. The molecule has 0 saturated carbocycles. The van der Waals surface area contributed by atoms with E-state index in [1.165, 1.54) is 31.9 Å². The molecule has 0 spiro atoms. The van der Waals surface area contributed by atoms with Gasteiger partial charge in [-0.1, -0.05) is 6.92 Å². The van der Waals surface area contributed by atoms with Crippen LogP contribution >= 0.6 is 0 Å². The summed E-state index contributed by atoms with van der Waals surface area (Å²) in [7, 11) is 0. The molecule has 0 aliphatic carbocycles. The topological polar surface area (TPSA) is 59.8 Å². The van der Waals surface area contributed by atoms with Crippen molar-refractivity contribution in [2.45, 2.75) is 44.7 Å². The number of fused-ring (bicyclic) bond motifs is 2. The summed E-state index contributed by atoms with van der Waals surface area (Å²) in [5.74, 6) is 1.77. The Hall–Kier alpha value is -1.33. The van der Waals surface area contributed by atoms with Crippen molar-refractivity contribution in [3.8, 4) is 0 Å². The van der Waals surface area contributed by atoms with Crippen LogP contribution in [0.15, 0.2) is 18.3 Å². The van der Waals surface area contributed by atoms with Crippen molar-refractivity contribution in [3.63, 3.8) is 0 Å². The highest BCUT2D eigenvalue weighted by Crippen LogP contribution is 2.40. The molecule has 3 heterocycles. The second-order valence-corrected chi connectivity index (χ2v) is 5.53. The SMILES string of the molecule is CC1CC2CCC(C1)N2c1ccc(N(O)O)cn1. The van der Waals surface area contributed by atoms with Gasteiger partial charge in [0.05, 0.1) is 6.20 Å². The molecule has 0 radical (unpaired) electrons. The maximum absolute atomic E-state index is 8.91.